The van der Waals surface area contributed by atoms with Crippen LogP contribution in [0.4, 0.5) is 0 Å². The molecule has 1 fully saturated rings. The highest BCUT2D eigenvalue weighted by molar-refractivity contribution is 5.73. The summed E-state index contributed by atoms with van der Waals surface area (Å²) in [6, 6.07) is 1.18. The van der Waals surface area contributed by atoms with E-state index in [1.807, 2.05) is 0 Å². The van der Waals surface area contributed by atoms with Gasteiger partial charge in [0.25, 0.3) is 0 Å². The molecule has 0 bridgehead atoms. The van der Waals surface area contributed by atoms with Gasteiger partial charge in [-0.1, -0.05) is 52.4 Å². The monoisotopic (exact) mass is 296 g/mol. The van der Waals surface area contributed by atoms with Crippen LogP contribution in [0.25, 0.3) is 0 Å². The second-order valence-electron chi connectivity index (χ2n) is 6.66. The van der Waals surface area contributed by atoms with E-state index < -0.39 is 0 Å². The lowest BCUT2D eigenvalue weighted by Crippen LogP contribution is -2.47. The number of piperidine rings is 1. The number of hydrogen-bond acceptors (Lipinski definition) is 2. The highest BCUT2D eigenvalue weighted by Crippen LogP contribution is 2.21. The minimum atomic E-state index is 0.120. The molecule has 0 radical (unpaired) electrons. The predicted octanol–water partition coefficient (Wildman–Crippen LogP) is 4.12. The van der Waals surface area contributed by atoms with Crippen LogP contribution in [0, 0.1) is 0 Å². The smallest absolute Gasteiger partial charge is 0.217 e. The maximum Gasteiger partial charge on any atom is 0.217 e. The Morgan fingerprint density at radius 1 is 1.05 bits per heavy atom. The fourth-order valence-electron chi connectivity index (χ4n) is 3.52. The molecule has 0 spiro atoms. The van der Waals surface area contributed by atoms with E-state index >= 15 is 0 Å². The molecule has 1 saturated heterocycles. The summed E-state index contributed by atoms with van der Waals surface area (Å²) in [4.78, 5) is 13.8. The first-order valence-corrected chi connectivity index (χ1v) is 9.18. The van der Waals surface area contributed by atoms with Crippen molar-refractivity contribution in [3.8, 4) is 0 Å². The van der Waals surface area contributed by atoms with Crippen LogP contribution in [0.3, 0.4) is 0 Å². The Hall–Kier alpha value is -0.570. The van der Waals surface area contributed by atoms with Crippen LogP contribution in [0.15, 0.2) is 0 Å². The van der Waals surface area contributed by atoms with Gasteiger partial charge < -0.3 is 10.2 Å². The number of nitrogens with zero attached hydrogens (tertiary/aromatic N) is 1. The van der Waals surface area contributed by atoms with Crippen molar-refractivity contribution in [3.63, 3.8) is 0 Å². The van der Waals surface area contributed by atoms with E-state index in [1.165, 1.54) is 51.4 Å². The quantitative estimate of drug-likeness (QED) is 0.615. The number of unbranched alkanes of at least 4 members (excludes halogenated alkanes) is 4. The average molecular weight is 296 g/mol. The first-order valence-electron chi connectivity index (χ1n) is 9.18. The normalized spacial score (nSPS) is 18.6. The van der Waals surface area contributed by atoms with Gasteiger partial charge in [0.2, 0.25) is 5.91 Å². The van der Waals surface area contributed by atoms with E-state index in [1.54, 1.807) is 6.92 Å². The first kappa shape index (κ1) is 18.5. The summed E-state index contributed by atoms with van der Waals surface area (Å²) < 4.78 is 0. The molecule has 1 unspecified atom stereocenters. The lowest BCUT2D eigenvalue weighted by molar-refractivity contribution is -0.120. The molecule has 1 aliphatic rings. The highest BCUT2D eigenvalue weighted by Gasteiger charge is 2.24. The molecular weight excluding hydrogens is 260 g/mol. The van der Waals surface area contributed by atoms with Gasteiger partial charge in [-0.3, -0.25) is 4.79 Å². The van der Waals surface area contributed by atoms with Crippen molar-refractivity contribution in [3.05, 3.63) is 0 Å². The van der Waals surface area contributed by atoms with Crippen molar-refractivity contribution in [2.75, 3.05) is 13.1 Å². The van der Waals surface area contributed by atoms with Crippen LogP contribution >= 0.6 is 0 Å². The summed E-state index contributed by atoms with van der Waals surface area (Å²) in [5, 5.41) is 3.07. The van der Waals surface area contributed by atoms with Crippen LogP contribution in [0.2, 0.25) is 0 Å². The molecule has 0 aliphatic carbocycles. The lowest BCUT2D eigenvalue weighted by atomic mass is 9.97. The Morgan fingerprint density at radius 2 is 1.71 bits per heavy atom. The van der Waals surface area contributed by atoms with Gasteiger partial charge in [0, 0.05) is 32.1 Å². The Balaban J connectivity index is 2.27. The molecule has 0 aromatic rings. The van der Waals surface area contributed by atoms with Crippen molar-refractivity contribution in [2.45, 2.75) is 97.1 Å². The van der Waals surface area contributed by atoms with E-state index in [9.17, 15) is 4.79 Å². The Bertz CT molecular complexity index is 272. The molecule has 1 N–H and O–H groups in total. The number of hydrogen-bond donors (Lipinski definition) is 1. The van der Waals surface area contributed by atoms with Gasteiger partial charge in [-0.2, -0.15) is 0 Å². The van der Waals surface area contributed by atoms with Gasteiger partial charge >= 0.3 is 0 Å². The van der Waals surface area contributed by atoms with E-state index in [0.717, 1.165) is 32.0 Å². The van der Waals surface area contributed by atoms with Crippen molar-refractivity contribution in [1.29, 1.82) is 0 Å². The zero-order valence-electron chi connectivity index (χ0n) is 14.5. The van der Waals surface area contributed by atoms with Gasteiger partial charge in [-0.25, -0.2) is 0 Å². The molecule has 1 rings (SSSR count). The predicted molar refractivity (Wildman–Crippen MR) is 90.5 cm³/mol. The second-order valence-corrected chi connectivity index (χ2v) is 6.66. The summed E-state index contributed by atoms with van der Waals surface area (Å²) >= 11 is 0. The third-order valence-corrected chi connectivity index (χ3v) is 4.72. The summed E-state index contributed by atoms with van der Waals surface area (Å²) in [5.74, 6) is 0.120. The molecule has 1 atom stereocenters. The number of likely N-dealkylation sites (tertiary alicyclic amines) is 1. The highest BCUT2D eigenvalue weighted by atomic mass is 16.1. The standard InChI is InChI=1S/C18H36N2O/c1-4-6-7-8-9-11-18(10-5-2)20-14-12-17(13-15-20)19-16(3)21/h17-18H,4-15H2,1-3H3,(H,19,21). The fourth-order valence-corrected chi connectivity index (χ4v) is 3.52. The molecule has 1 aliphatic heterocycles. The summed E-state index contributed by atoms with van der Waals surface area (Å²) in [7, 11) is 0. The molecule has 1 amide bonds. The minimum Gasteiger partial charge on any atom is -0.354 e. The first-order chi connectivity index (χ1) is 10.2. The van der Waals surface area contributed by atoms with Gasteiger partial charge in [0.05, 0.1) is 0 Å². The zero-order valence-corrected chi connectivity index (χ0v) is 14.5. The molecule has 1 heterocycles. The van der Waals surface area contributed by atoms with Crippen molar-refractivity contribution < 1.29 is 4.79 Å². The van der Waals surface area contributed by atoms with Crippen LogP contribution in [0.5, 0.6) is 0 Å². The lowest BCUT2D eigenvalue weighted by Gasteiger charge is -2.38. The van der Waals surface area contributed by atoms with E-state index in [2.05, 4.69) is 24.1 Å². The zero-order chi connectivity index (χ0) is 15.5. The number of rotatable bonds is 10. The molecule has 0 saturated carbocycles. The number of amides is 1. The summed E-state index contributed by atoms with van der Waals surface area (Å²) in [5.41, 5.74) is 0. The summed E-state index contributed by atoms with van der Waals surface area (Å²) in [6.45, 7) is 8.52. The number of nitrogens with one attached hydrogen (secondary N) is 1. The van der Waals surface area contributed by atoms with Crippen LogP contribution in [0.1, 0.15) is 85.0 Å². The van der Waals surface area contributed by atoms with Gasteiger partial charge in [-0.15, -0.1) is 0 Å². The molecule has 21 heavy (non-hydrogen) atoms. The van der Waals surface area contributed by atoms with E-state index in [-0.39, 0.29) is 5.91 Å². The van der Waals surface area contributed by atoms with E-state index in [0.29, 0.717) is 6.04 Å². The van der Waals surface area contributed by atoms with Crippen LogP contribution < -0.4 is 5.32 Å². The Kier molecular flexibility index (Phi) is 9.73. The Labute approximate surface area is 131 Å². The third-order valence-electron chi connectivity index (χ3n) is 4.72. The SMILES string of the molecule is CCCCCCCC(CCC)N1CCC(NC(C)=O)CC1. The largest absolute Gasteiger partial charge is 0.354 e. The molecular formula is C18H36N2O. The molecule has 124 valence electrons. The second kappa shape index (κ2) is 11.1. The maximum absolute atomic E-state index is 11.1. The van der Waals surface area contributed by atoms with Crippen molar-refractivity contribution in [2.24, 2.45) is 0 Å². The number of carbonyl (C=O) groups is 1. The topological polar surface area (TPSA) is 32.3 Å². The van der Waals surface area contributed by atoms with Crippen LogP contribution in [-0.2, 0) is 4.79 Å². The number of carbonyl (C=O) groups excluding carboxylic acids is 1. The van der Waals surface area contributed by atoms with Crippen molar-refractivity contribution >= 4 is 5.91 Å². The Morgan fingerprint density at radius 3 is 2.29 bits per heavy atom. The minimum absolute atomic E-state index is 0.120. The van der Waals surface area contributed by atoms with Gasteiger partial charge in [-0.05, 0) is 25.7 Å². The molecule has 3 heteroatoms. The maximum atomic E-state index is 11.1. The van der Waals surface area contributed by atoms with Crippen molar-refractivity contribution in [1.82, 2.24) is 10.2 Å². The molecule has 0 aromatic heterocycles. The third kappa shape index (κ3) is 7.85. The summed E-state index contributed by atoms with van der Waals surface area (Å²) in [6.07, 6.45) is 13.1. The van der Waals surface area contributed by atoms with Crippen LogP contribution in [-0.4, -0.2) is 36.0 Å². The molecule has 0 aromatic carbocycles. The fraction of sp³-hybridized carbons (Fsp3) is 0.944. The molecule has 3 nitrogen and oxygen atoms in total. The van der Waals surface area contributed by atoms with Gasteiger partial charge in [0.15, 0.2) is 0 Å². The van der Waals surface area contributed by atoms with Gasteiger partial charge in [0.1, 0.15) is 0 Å². The van der Waals surface area contributed by atoms with E-state index in [4.69, 9.17) is 0 Å². The average Bonchev–Trinajstić information content (AvgIpc) is 2.46.